The lowest BCUT2D eigenvalue weighted by molar-refractivity contribution is -0.0899. The van der Waals surface area contributed by atoms with Gasteiger partial charge in [0.2, 0.25) is 0 Å². The molecule has 2 nitrogen and oxygen atoms in total. The molecule has 0 bridgehead atoms. The van der Waals surface area contributed by atoms with Crippen molar-refractivity contribution in [2.24, 2.45) is 17.1 Å². The molecule has 0 spiro atoms. The van der Waals surface area contributed by atoms with Crippen molar-refractivity contribution in [3.05, 3.63) is 35.9 Å². The zero-order chi connectivity index (χ0) is 13.2. The van der Waals surface area contributed by atoms with Gasteiger partial charge in [-0.15, -0.1) is 0 Å². The first-order chi connectivity index (χ1) is 8.58. The Bertz CT molecular complexity index is 391. The van der Waals surface area contributed by atoms with Crippen molar-refractivity contribution in [2.45, 2.75) is 45.1 Å². The highest BCUT2D eigenvalue weighted by Crippen LogP contribution is 2.54. The van der Waals surface area contributed by atoms with Crippen LogP contribution in [0.2, 0.25) is 0 Å². The predicted molar refractivity (Wildman–Crippen MR) is 75.1 cm³/mol. The maximum Gasteiger partial charge on any atom is 0.0961 e. The van der Waals surface area contributed by atoms with Crippen LogP contribution in [0.4, 0.5) is 0 Å². The van der Waals surface area contributed by atoms with Crippen molar-refractivity contribution in [3.63, 3.8) is 0 Å². The fourth-order valence-corrected chi connectivity index (χ4v) is 3.72. The van der Waals surface area contributed by atoms with E-state index in [2.05, 4.69) is 13.8 Å². The molecule has 3 N–H and O–H groups in total. The highest BCUT2D eigenvalue weighted by atomic mass is 16.3. The second-order valence-electron chi connectivity index (χ2n) is 5.91. The topological polar surface area (TPSA) is 46.2 Å². The minimum Gasteiger partial charge on any atom is -0.385 e. The van der Waals surface area contributed by atoms with Crippen LogP contribution in [0.5, 0.6) is 0 Å². The summed E-state index contributed by atoms with van der Waals surface area (Å²) < 4.78 is 0. The van der Waals surface area contributed by atoms with E-state index in [1.54, 1.807) is 0 Å². The van der Waals surface area contributed by atoms with Crippen LogP contribution in [0.15, 0.2) is 30.3 Å². The zero-order valence-electron chi connectivity index (χ0n) is 11.5. The molecule has 2 heteroatoms. The van der Waals surface area contributed by atoms with E-state index in [4.69, 9.17) is 5.73 Å². The predicted octanol–water partition coefficient (Wildman–Crippen LogP) is 3.05. The Morgan fingerprint density at radius 1 is 1.39 bits per heavy atom. The van der Waals surface area contributed by atoms with Crippen molar-refractivity contribution in [1.82, 2.24) is 0 Å². The van der Waals surface area contributed by atoms with Gasteiger partial charge in [-0.25, -0.2) is 0 Å². The van der Waals surface area contributed by atoms with E-state index in [1.165, 1.54) is 6.42 Å². The molecule has 0 saturated heterocycles. The summed E-state index contributed by atoms with van der Waals surface area (Å²) >= 11 is 0. The van der Waals surface area contributed by atoms with Gasteiger partial charge in [-0.1, -0.05) is 44.2 Å². The molecule has 18 heavy (non-hydrogen) atoms. The van der Waals surface area contributed by atoms with E-state index < -0.39 is 5.60 Å². The quantitative estimate of drug-likeness (QED) is 0.859. The molecule has 2 rings (SSSR count). The molecule has 3 atom stereocenters. The number of nitrogens with two attached hydrogens (primary N) is 1. The van der Waals surface area contributed by atoms with E-state index in [0.717, 1.165) is 24.8 Å². The van der Waals surface area contributed by atoms with Gasteiger partial charge in [-0.05, 0) is 37.2 Å². The SMILES string of the molecule is CCC(O)(c1ccccc1)C1(CN)CCC(C)C1. The maximum atomic E-state index is 11.3. The lowest BCUT2D eigenvalue weighted by Gasteiger charge is -2.45. The summed E-state index contributed by atoms with van der Waals surface area (Å²) in [6, 6.07) is 10.1. The fraction of sp³-hybridized carbons (Fsp3) is 0.625. The van der Waals surface area contributed by atoms with Crippen LogP contribution in [-0.4, -0.2) is 11.7 Å². The Kier molecular flexibility index (Phi) is 3.79. The lowest BCUT2D eigenvalue weighted by atomic mass is 9.65. The molecular weight excluding hydrogens is 222 g/mol. The van der Waals surface area contributed by atoms with Gasteiger partial charge in [0, 0.05) is 12.0 Å². The van der Waals surface area contributed by atoms with E-state index in [1.807, 2.05) is 30.3 Å². The summed E-state index contributed by atoms with van der Waals surface area (Å²) in [5.74, 6) is 0.662. The van der Waals surface area contributed by atoms with Gasteiger partial charge in [0.05, 0.1) is 5.60 Å². The molecule has 0 amide bonds. The summed E-state index contributed by atoms with van der Waals surface area (Å²) in [6.07, 6.45) is 3.96. The molecule has 1 aliphatic carbocycles. The molecule has 1 aromatic carbocycles. The van der Waals surface area contributed by atoms with Gasteiger partial charge >= 0.3 is 0 Å². The lowest BCUT2D eigenvalue weighted by Crippen LogP contribution is -2.48. The third-order valence-electron chi connectivity index (χ3n) is 4.89. The average molecular weight is 247 g/mol. The monoisotopic (exact) mass is 247 g/mol. The smallest absolute Gasteiger partial charge is 0.0961 e. The molecule has 100 valence electrons. The van der Waals surface area contributed by atoms with Gasteiger partial charge in [-0.3, -0.25) is 0 Å². The molecule has 1 aromatic rings. The average Bonchev–Trinajstić information content (AvgIpc) is 2.82. The third kappa shape index (κ3) is 1.98. The molecule has 3 unspecified atom stereocenters. The van der Waals surface area contributed by atoms with E-state index in [-0.39, 0.29) is 5.41 Å². The second-order valence-corrected chi connectivity index (χ2v) is 5.91. The number of benzene rings is 1. The van der Waals surface area contributed by atoms with Gasteiger partial charge in [-0.2, -0.15) is 0 Å². The summed E-state index contributed by atoms with van der Waals surface area (Å²) in [5, 5.41) is 11.3. The van der Waals surface area contributed by atoms with E-state index in [9.17, 15) is 5.11 Å². The van der Waals surface area contributed by atoms with Crippen LogP contribution < -0.4 is 5.73 Å². The van der Waals surface area contributed by atoms with Crippen LogP contribution in [0.1, 0.15) is 45.1 Å². The Labute approximate surface area is 110 Å². The van der Waals surface area contributed by atoms with Crippen LogP contribution in [-0.2, 0) is 5.60 Å². The van der Waals surface area contributed by atoms with Crippen LogP contribution in [0, 0.1) is 11.3 Å². The molecule has 0 radical (unpaired) electrons. The number of hydrogen-bond donors (Lipinski definition) is 2. The van der Waals surface area contributed by atoms with Crippen molar-refractivity contribution in [2.75, 3.05) is 6.54 Å². The summed E-state index contributed by atoms with van der Waals surface area (Å²) in [5.41, 5.74) is 6.16. The van der Waals surface area contributed by atoms with Crippen LogP contribution in [0.3, 0.4) is 0 Å². The maximum absolute atomic E-state index is 11.3. The zero-order valence-corrected chi connectivity index (χ0v) is 11.5. The molecule has 1 aliphatic rings. The van der Waals surface area contributed by atoms with Gasteiger partial charge in [0.1, 0.15) is 0 Å². The normalized spacial score (nSPS) is 31.2. The second kappa shape index (κ2) is 5.02. The minimum absolute atomic E-state index is 0.150. The molecule has 0 aromatic heterocycles. The Morgan fingerprint density at radius 2 is 2.06 bits per heavy atom. The van der Waals surface area contributed by atoms with E-state index in [0.29, 0.717) is 12.5 Å². The molecule has 1 fully saturated rings. The van der Waals surface area contributed by atoms with Gasteiger partial charge < -0.3 is 10.8 Å². The number of rotatable bonds is 4. The van der Waals surface area contributed by atoms with Crippen molar-refractivity contribution in [1.29, 1.82) is 0 Å². The fourth-order valence-electron chi connectivity index (χ4n) is 3.72. The largest absolute Gasteiger partial charge is 0.385 e. The molecular formula is C16H25NO. The highest BCUT2D eigenvalue weighted by molar-refractivity contribution is 5.26. The first kappa shape index (κ1) is 13.6. The number of aliphatic hydroxyl groups is 1. The van der Waals surface area contributed by atoms with Crippen LogP contribution in [0.25, 0.3) is 0 Å². The minimum atomic E-state index is -0.784. The van der Waals surface area contributed by atoms with Gasteiger partial charge in [0.15, 0.2) is 0 Å². The molecule has 0 aliphatic heterocycles. The third-order valence-corrected chi connectivity index (χ3v) is 4.89. The summed E-state index contributed by atoms with van der Waals surface area (Å²) in [4.78, 5) is 0. The van der Waals surface area contributed by atoms with Crippen molar-refractivity contribution >= 4 is 0 Å². The first-order valence-electron chi connectivity index (χ1n) is 7.06. The summed E-state index contributed by atoms with van der Waals surface area (Å²) in [7, 11) is 0. The highest BCUT2D eigenvalue weighted by Gasteiger charge is 2.52. The Balaban J connectivity index is 2.43. The molecule has 1 saturated carbocycles. The molecule has 0 heterocycles. The van der Waals surface area contributed by atoms with E-state index >= 15 is 0 Å². The first-order valence-corrected chi connectivity index (χ1v) is 7.06. The Morgan fingerprint density at radius 3 is 2.50 bits per heavy atom. The standard InChI is InChI=1S/C16H25NO/c1-3-16(18,14-7-5-4-6-8-14)15(12-17)10-9-13(2)11-15/h4-8,13,18H,3,9-12,17H2,1-2H3. The van der Waals surface area contributed by atoms with Gasteiger partial charge in [0.25, 0.3) is 0 Å². The van der Waals surface area contributed by atoms with Crippen molar-refractivity contribution in [3.8, 4) is 0 Å². The summed E-state index contributed by atoms with van der Waals surface area (Å²) in [6.45, 7) is 4.89. The van der Waals surface area contributed by atoms with Crippen molar-refractivity contribution < 1.29 is 5.11 Å². The van der Waals surface area contributed by atoms with Crippen LogP contribution >= 0.6 is 0 Å². The number of hydrogen-bond acceptors (Lipinski definition) is 2. The Hall–Kier alpha value is -0.860.